The monoisotopic (exact) mass is 310 g/mol. The summed E-state index contributed by atoms with van der Waals surface area (Å²) in [5, 5.41) is 0.490. The highest BCUT2D eigenvalue weighted by molar-refractivity contribution is 6.34. The molecule has 0 spiro atoms. The van der Waals surface area contributed by atoms with Crippen molar-refractivity contribution in [2.45, 2.75) is 26.3 Å². The van der Waals surface area contributed by atoms with Crippen molar-refractivity contribution in [1.29, 1.82) is 0 Å². The van der Waals surface area contributed by atoms with Crippen molar-refractivity contribution in [2.24, 2.45) is 5.73 Å². The van der Waals surface area contributed by atoms with Gasteiger partial charge in [0.2, 0.25) is 0 Å². The van der Waals surface area contributed by atoms with Crippen LogP contribution in [0.25, 0.3) is 0 Å². The van der Waals surface area contributed by atoms with Crippen LogP contribution in [-0.4, -0.2) is 43.0 Å². The molecule has 1 aromatic rings. The van der Waals surface area contributed by atoms with Crippen LogP contribution in [0, 0.1) is 0 Å². The summed E-state index contributed by atoms with van der Waals surface area (Å²) in [5.74, 6) is -0.495. The molecule has 5 nitrogen and oxygen atoms in total. The third-order valence-corrected chi connectivity index (χ3v) is 4.45. The number of hydrogen-bond acceptors (Lipinski definition) is 4. The van der Waals surface area contributed by atoms with Gasteiger partial charge in [0.15, 0.2) is 0 Å². The van der Waals surface area contributed by atoms with Gasteiger partial charge in [0.1, 0.15) is 0 Å². The third kappa shape index (κ3) is 3.24. The van der Waals surface area contributed by atoms with E-state index in [1.54, 1.807) is 12.1 Å². The van der Waals surface area contributed by atoms with E-state index in [-0.39, 0.29) is 0 Å². The highest BCUT2D eigenvalue weighted by Gasteiger charge is 2.29. The molecular weight excluding hydrogens is 288 g/mol. The summed E-state index contributed by atoms with van der Waals surface area (Å²) >= 11 is 6.31. The van der Waals surface area contributed by atoms with Gasteiger partial charge < -0.3 is 16.4 Å². The zero-order valence-corrected chi connectivity index (χ0v) is 13.4. The maximum Gasteiger partial charge on any atom is 0.250 e. The molecule has 21 heavy (non-hydrogen) atoms. The molecule has 4 N–H and O–H groups in total. The predicted molar refractivity (Wildman–Crippen MR) is 87.9 cm³/mol. The van der Waals surface area contributed by atoms with E-state index >= 15 is 0 Å². The van der Waals surface area contributed by atoms with Crippen molar-refractivity contribution in [3.05, 3.63) is 22.7 Å². The number of nitrogen functional groups attached to an aromatic ring is 1. The first-order valence-corrected chi connectivity index (χ1v) is 7.73. The molecule has 1 amide bonds. The SMILES string of the molecule is CCN(CC)C1CCN(c2c(Cl)cc(N)cc2C(N)=O)C1. The Balaban J connectivity index is 2.29. The number of nitrogens with two attached hydrogens (primary N) is 2. The highest BCUT2D eigenvalue weighted by atomic mass is 35.5. The van der Waals surface area contributed by atoms with Crippen molar-refractivity contribution >= 4 is 28.9 Å². The maximum absolute atomic E-state index is 11.7. The molecule has 0 bridgehead atoms. The van der Waals surface area contributed by atoms with Gasteiger partial charge in [-0.15, -0.1) is 0 Å². The average Bonchev–Trinajstić information content (AvgIpc) is 2.88. The van der Waals surface area contributed by atoms with Crippen LogP contribution >= 0.6 is 11.6 Å². The minimum Gasteiger partial charge on any atom is -0.399 e. The Bertz CT molecular complexity index is 531. The van der Waals surface area contributed by atoms with Crippen molar-refractivity contribution in [2.75, 3.05) is 36.8 Å². The Labute approximate surface area is 130 Å². The van der Waals surface area contributed by atoms with Gasteiger partial charge in [0, 0.05) is 24.8 Å². The van der Waals surface area contributed by atoms with Crippen LogP contribution in [0.3, 0.4) is 0 Å². The van der Waals surface area contributed by atoms with Gasteiger partial charge in [-0.2, -0.15) is 0 Å². The fourth-order valence-corrected chi connectivity index (χ4v) is 3.46. The molecule has 1 aromatic carbocycles. The van der Waals surface area contributed by atoms with Crippen LogP contribution < -0.4 is 16.4 Å². The number of primary amides is 1. The van der Waals surface area contributed by atoms with Gasteiger partial charge in [-0.1, -0.05) is 25.4 Å². The molecule has 6 heteroatoms. The minimum atomic E-state index is -0.495. The smallest absolute Gasteiger partial charge is 0.250 e. The molecule has 1 fully saturated rings. The van der Waals surface area contributed by atoms with E-state index in [0.717, 1.165) is 32.6 Å². The molecule has 0 saturated carbocycles. The van der Waals surface area contributed by atoms with E-state index in [1.165, 1.54) is 0 Å². The van der Waals surface area contributed by atoms with Gasteiger partial charge in [-0.25, -0.2) is 0 Å². The lowest BCUT2D eigenvalue weighted by Crippen LogP contribution is -2.37. The van der Waals surface area contributed by atoms with Gasteiger partial charge in [0.25, 0.3) is 5.91 Å². The van der Waals surface area contributed by atoms with Gasteiger partial charge in [-0.05, 0) is 31.6 Å². The van der Waals surface area contributed by atoms with Crippen LogP contribution in [0.2, 0.25) is 5.02 Å². The summed E-state index contributed by atoms with van der Waals surface area (Å²) in [4.78, 5) is 16.3. The standard InChI is InChI=1S/C15H23ClN4O/c1-3-19(4-2)11-5-6-20(9-11)14-12(15(18)21)7-10(17)8-13(14)16/h7-8,11H,3-6,9,17H2,1-2H3,(H2,18,21). The first kappa shape index (κ1) is 15.9. The Hall–Kier alpha value is -1.46. The molecule has 1 aliphatic heterocycles. The molecule has 1 saturated heterocycles. The van der Waals surface area contributed by atoms with Crippen LogP contribution in [0.4, 0.5) is 11.4 Å². The molecule has 2 rings (SSSR count). The number of nitrogens with zero attached hydrogens (tertiary/aromatic N) is 2. The lowest BCUT2D eigenvalue weighted by Gasteiger charge is -2.27. The number of benzene rings is 1. The Kier molecular flexibility index (Phi) is 4.96. The molecule has 1 heterocycles. The summed E-state index contributed by atoms with van der Waals surface area (Å²) in [6, 6.07) is 3.76. The number of rotatable bonds is 5. The maximum atomic E-state index is 11.7. The first-order chi connectivity index (χ1) is 9.97. The number of carbonyl (C=O) groups excluding carboxylic acids is 1. The summed E-state index contributed by atoms with van der Waals surface area (Å²) < 4.78 is 0. The lowest BCUT2D eigenvalue weighted by atomic mass is 10.1. The Morgan fingerprint density at radius 2 is 2.10 bits per heavy atom. The molecule has 1 unspecified atom stereocenters. The zero-order valence-electron chi connectivity index (χ0n) is 12.6. The van der Waals surface area contributed by atoms with E-state index in [4.69, 9.17) is 23.1 Å². The number of anilines is 2. The second-order valence-corrected chi connectivity index (χ2v) is 5.78. The molecule has 116 valence electrons. The van der Waals surface area contributed by atoms with Gasteiger partial charge in [0.05, 0.1) is 16.3 Å². The first-order valence-electron chi connectivity index (χ1n) is 7.35. The molecule has 1 aliphatic rings. The lowest BCUT2D eigenvalue weighted by molar-refractivity contribution is 0.100. The second-order valence-electron chi connectivity index (χ2n) is 5.37. The largest absolute Gasteiger partial charge is 0.399 e. The average molecular weight is 311 g/mol. The molecule has 0 aliphatic carbocycles. The van der Waals surface area contributed by atoms with Crippen molar-refractivity contribution < 1.29 is 4.79 Å². The number of hydrogen-bond donors (Lipinski definition) is 2. The normalized spacial score (nSPS) is 18.5. The van der Waals surface area contributed by atoms with E-state index in [2.05, 4.69) is 23.6 Å². The number of carbonyl (C=O) groups is 1. The van der Waals surface area contributed by atoms with Gasteiger partial charge >= 0.3 is 0 Å². The highest BCUT2D eigenvalue weighted by Crippen LogP contribution is 2.35. The molecule has 0 radical (unpaired) electrons. The topological polar surface area (TPSA) is 75.6 Å². The van der Waals surface area contributed by atoms with E-state index in [1.807, 2.05) is 0 Å². The summed E-state index contributed by atoms with van der Waals surface area (Å²) in [6.45, 7) is 8.09. The summed E-state index contributed by atoms with van der Waals surface area (Å²) in [6.07, 6.45) is 1.06. The van der Waals surface area contributed by atoms with E-state index in [9.17, 15) is 4.79 Å². The molecule has 1 atom stereocenters. The number of likely N-dealkylation sites (N-methyl/N-ethyl adjacent to an activating group) is 1. The fraction of sp³-hybridized carbons (Fsp3) is 0.533. The molecular formula is C15H23ClN4O. The van der Waals surface area contributed by atoms with Crippen molar-refractivity contribution in [3.8, 4) is 0 Å². The van der Waals surface area contributed by atoms with Crippen molar-refractivity contribution in [1.82, 2.24) is 4.90 Å². The van der Waals surface area contributed by atoms with Crippen LogP contribution in [0.1, 0.15) is 30.6 Å². The van der Waals surface area contributed by atoms with Gasteiger partial charge in [-0.3, -0.25) is 9.69 Å². The van der Waals surface area contributed by atoms with Crippen LogP contribution in [-0.2, 0) is 0 Å². The van der Waals surface area contributed by atoms with Crippen LogP contribution in [0.5, 0.6) is 0 Å². The fourth-order valence-electron chi connectivity index (χ4n) is 3.11. The number of amides is 1. The minimum absolute atomic E-state index is 0.403. The molecule has 0 aromatic heterocycles. The van der Waals surface area contributed by atoms with Crippen molar-refractivity contribution in [3.63, 3.8) is 0 Å². The van der Waals surface area contributed by atoms with E-state index in [0.29, 0.717) is 28.0 Å². The third-order valence-electron chi connectivity index (χ3n) is 4.16. The second kappa shape index (κ2) is 6.54. The number of halogens is 1. The zero-order chi connectivity index (χ0) is 15.6. The summed E-state index contributed by atoms with van der Waals surface area (Å²) in [5.41, 5.74) is 12.8. The predicted octanol–water partition coefficient (Wildman–Crippen LogP) is 1.94. The quantitative estimate of drug-likeness (QED) is 0.815. The summed E-state index contributed by atoms with van der Waals surface area (Å²) in [7, 11) is 0. The van der Waals surface area contributed by atoms with E-state index < -0.39 is 5.91 Å². The Morgan fingerprint density at radius 3 is 2.67 bits per heavy atom. The van der Waals surface area contributed by atoms with Crippen LogP contribution in [0.15, 0.2) is 12.1 Å². The Morgan fingerprint density at radius 1 is 1.43 bits per heavy atom.